The van der Waals surface area contributed by atoms with Gasteiger partial charge in [0, 0.05) is 6.61 Å². The molecular weight excluding hydrogens is 106 g/mol. The fraction of sp³-hybridized carbons (Fsp3) is 1.00. The Morgan fingerprint density at radius 2 is 1.43 bits per heavy atom. The van der Waals surface area contributed by atoms with Gasteiger partial charge in [-0.3, -0.25) is 10.5 Å². The van der Waals surface area contributed by atoms with Crippen molar-refractivity contribution in [1.29, 1.82) is 0 Å². The van der Waals surface area contributed by atoms with Gasteiger partial charge in [0.1, 0.15) is 0 Å². The first-order chi connectivity index (χ1) is 2.41. The summed E-state index contributed by atoms with van der Waals surface area (Å²) in [5.41, 5.74) is 0. The van der Waals surface area contributed by atoms with Crippen LogP contribution in [0.5, 0.6) is 0 Å². The standard InChI is InChI=1S/C2H6O.Al.Li.H2O2.4H/c1-2-3;;;1-2;;;;/h3H,2H2,1H3;;;1-2H;;;;/q;;+1;;;;;-1. The zero-order valence-electron chi connectivity index (χ0n) is 5.05. The van der Waals surface area contributed by atoms with E-state index in [0.717, 1.165) is 0 Å². The first kappa shape index (κ1) is 24.5. The molecule has 0 rings (SSSR count). The van der Waals surface area contributed by atoms with Crippen LogP contribution in [0.1, 0.15) is 8.35 Å². The molecule has 0 heterocycles. The van der Waals surface area contributed by atoms with E-state index in [2.05, 4.69) is 0 Å². The fourth-order valence-corrected chi connectivity index (χ4v) is 0. The van der Waals surface area contributed by atoms with Gasteiger partial charge in [0.15, 0.2) is 17.4 Å². The van der Waals surface area contributed by atoms with Crippen LogP contribution in [0.3, 0.4) is 0 Å². The van der Waals surface area contributed by atoms with Gasteiger partial charge >= 0.3 is 18.9 Å². The molecule has 0 radical (unpaired) electrons. The van der Waals surface area contributed by atoms with Crippen LogP contribution >= 0.6 is 0 Å². The molecule has 5 heteroatoms. The molecule has 0 aromatic rings. The van der Waals surface area contributed by atoms with E-state index in [-0.39, 0.29) is 44.3 Å². The summed E-state index contributed by atoms with van der Waals surface area (Å²) in [6, 6.07) is 0. The first-order valence-corrected chi connectivity index (χ1v) is 1.22. The van der Waals surface area contributed by atoms with Crippen LogP contribution < -0.4 is 18.9 Å². The predicted octanol–water partition coefficient (Wildman–Crippen LogP) is -4.05. The molecule has 0 atom stereocenters. The summed E-state index contributed by atoms with van der Waals surface area (Å²) in [6.45, 7) is 1.93. The third-order valence-electron chi connectivity index (χ3n) is 0. The Balaban J connectivity index is -0.00000000567. The van der Waals surface area contributed by atoms with E-state index in [4.69, 9.17) is 15.6 Å². The van der Waals surface area contributed by atoms with E-state index < -0.39 is 0 Å². The summed E-state index contributed by atoms with van der Waals surface area (Å²) in [4.78, 5) is 0. The molecule has 0 saturated heterocycles. The minimum Gasteiger partial charge on any atom is -1.00 e. The van der Waals surface area contributed by atoms with Crippen molar-refractivity contribution in [3.8, 4) is 0 Å². The zero-order valence-corrected chi connectivity index (χ0v) is 4.05. The van der Waals surface area contributed by atoms with E-state index in [0.29, 0.717) is 0 Å². The van der Waals surface area contributed by atoms with Crippen LogP contribution in [-0.2, 0) is 0 Å². The molecule has 3 nitrogen and oxygen atoms in total. The summed E-state index contributed by atoms with van der Waals surface area (Å²) in [6.07, 6.45) is 0. The Morgan fingerprint density at radius 1 is 1.43 bits per heavy atom. The molecule has 0 aromatic heterocycles. The first-order valence-electron chi connectivity index (χ1n) is 1.22. The number of aliphatic hydroxyl groups excluding tert-OH is 1. The van der Waals surface area contributed by atoms with Crippen LogP contribution in [0, 0.1) is 0 Å². The maximum atomic E-state index is 7.57. The molecule has 0 aliphatic carbocycles. The van der Waals surface area contributed by atoms with Crippen LogP contribution in [0.4, 0.5) is 0 Å². The normalized spacial score (nSPS) is 3.43. The zero-order chi connectivity index (χ0) is 4.71. The number of aliphatic hydroxyl groups is 1. The van der Waals surface area contributed by atoms with Gasteiger partial charge in [-0.2, -0.15) is 0 Å². The molecule has 0 fully saturated rings. The quantitative estimate of drug-likeness (QED) is 0.172. The molecule has 0 unspecified atom stereocenters. The van der Waals surface area contributed by atoms with E-state index in [1.165, 1.54) is 0 Å². The van der Waals surface area contributed by atoms with Gasteiger partial charge < -0.3 is 6.53 Å². The second-order valence-electron chi connectivity index (χ2n) is 0.316. The molecule has 7 heavy (non-hydrogen) atoms. The smallest absolute Gasteiger partial charge is 1.00 e. The van der Waals surface area contributed by atoms with Gasteiger partial charge in [-0.25, -0.2) is 0 Å². The van der Waals surface area contributed by atoms with E-state index >= 15 is 0 Å². The molecule has 0 aliphatic rings. The summed E-state index contributed by atoms with van der Waals surface area (Å²) in [5.74, 6) is 0. The van der Waals surface area contributed by atoms with Gasteiger partial charge in [0.25, 0.3) is 0 Å². The van der Waals surface area contributed by atoms with Crippen molar-refractivity contribution >= 4 is 17.4 Å². The molecule has 0 bridgehead atoms. The average molecular weight is 118 g/mol. The van der Waals surface area contributed by atoms with Gasteiger partial charge in [-0.1, -0.05) is 0 Å². The molecule has 0 aliphatic heterocycles. The SMILES string of the molecule is CCO.OO.[AlH3].[H-].[Li+]. The van der Waals surface area contributed by atoms with Crippen molar-refractivity contribution < 1.29 is 35.9 Å². The molecule has 0 saturated carbocycles. The van der Waals surface area contributed by atoms with E-state index in [1.807, 2.05) is 0 Å². The van der Waals surface area contributed by atoms with Crippen molar-refractivity contribution in [2.45, 2.75) is 6.92 Å². The Morgan fingerprint density at radius 3 is 1.43 bits per heavy atom. The maximum Gasteiger partial charge on any atom is 1.00 e. The summed E-state index contributed by atoms with van der Waals surface area (Å²) in [7, 11) is 0. The number of rotatable bonds is 0. The molecule has 0 amide bonds. The number of hydrogen-bond acceptors (Lipinski definition) is 3. The minimum atomic E-state index is 0. The molecule has 0 aromatic carbocycles. The Kier molecular flexibility index (Phi) is 219. The van der Waals surface area contributed by atoms with Gasteiger partial charge in [0.2, 0.25) is 0 Å². The van der Waals surface area contributed by atoms with Gasteiger partial charge in [-0.15, -0.1) is 0 Å². The molecule has 42 valence electrons. The third kappa shape index (κ3) is 173. The van der Waals surface area contributed by atoms with Crippen molar-refractivity contribution in [2.24, 2.45) is 0 Å². The van der Waals surface area contributed by atoms with E-state index in [1.54, 1.807) is 6.92 Å². The predicted molar refractivity (Wildman–Crippen MR) is 29.1 cm³/mol. The van der Waals surface area contributed by atoms with Gasteiger partial charge in [-0.05, 0) is 6.92 Å². The maximum absolute atomic E-state index is 7.57. The topological polar surface area (TPSA) is 60.7 Å². The van der Waals surface area contributed by atoms with E-state index in [9.17, 15) is 0 Å². The Hall–Kier alpha value is 1.01. The minimum absolute atomic E-state index is 0. The largest absolute Gasteiger partial charge is 1.00 e. The average Bonchev–Trinajstić information content (AvgIpc) is 1.46. The third-order valence-corrected chi connectivity index (χ3v) is 0. The van der Waals surface area contributed by atoms with Crippen molar-refractivity contribution in [2.75, 3.05) is 6.61 Å². The van der Waals surface area contributed by atoms with Crippen LogP contribution in [-0.4, -0.2) is 39.6 Å². The van der Waals surface area contributed by atoms with Crippen LogP contribution in [0.2, 0.25) is 0 Å². The summed E-state index contributed by atoms with van der Waals surface area (Å²) >= 11 is 0. The Labute approximate surface area is 67.1 Å². The van der Waals surface area contributed by atoms with Crippen LogP contribution in [0.25, 0.3) is 0 Å². The van der Waals surface area contributed by atoms with Crippen LogP contribution in [0.15, 0.2) is 0 Å². The second kappa shape index (κ2) is 62.7. The summed E-state index contributed by atoms with van der Waals surface area (Å²) in [5, 5.41) is 19.6. The molecule has 3 N–H and O–H groups in total. The second-order valence-corrected chi connectivity index (χ2v) is 0.316. The monoisotopic (exact) mass is 118 g/mol. The van der Waals surface area contributed by atoms with Crippen molar-refractivity contribution in [3.05, 3.63) is 0 Å². The van der Waals surface area contributed by atoms with Crippen molar-refractivity contribution in [3.63, 3.8) is 0 Å². The number of hydrogen-bond donors (Lipinski definition) is 3. The fourth-order valence-electron chi connectivity index (χ4n) is 0. The molecular formula is C2H12AlLiO3. The van der Waals surface area contributed by atoms with Crippen molar-refractivity contribution in [1.82, 2.24) is 0 Å². The Bertz CT molecular complexity index is 17.2. The summed E-state index contributed by atoms with van der Waals surface area (Å²) < 4.78 is 0. The van der Waals surface area contributed by atoms with Gasteiger partial charge in [0.05, 0.1) is 0 Å². The molecule has 0 spiro atoms.